The van der Waals surface area contributed by atoms with Crippen LogP contribution in [0.3, 0.4) is 0 Å². The van der Waals surface area contributed by atoms with E-state index in [1.54, 1.807) is 0 Å². The highest BCUT2D eigenvalue weighted by atomic mass is 16.8. The van der Waals surface area contributed by atoms with Gasteiger partial charge in [0.15, 0.2) is 55.5 Å². The maximum absolute atomic E-state index is 12.3. The summed E-state index contributed by atoms with van der Waals surface area (Å²) in [6.45, 7) is 7.63. The van der Waals surface area contributed by atoms with Crippen molar-refractivity contribution < 1.29 is 101 Å². The van der Waals surface area contributed by atoms with Gasteiger partial charge in [-0.25, -0.2) is 0 Å². The molecule has 0 unspecified atom stereocenters. The third-order valence-corrected chi connectivity index (χ3v) is 7.61. The van der Waals surface area contributed by atoms with Crippen LogP contribution < -0.4 is 0 Å². The molecule has 3 saturated heterocycles. The van der Waals surface area contributed by atoms with Crippen molar-refractivity contribution in [3.63, 3.8) is 0 Å². The van der Waals surface area contributed by atoms with E-state index in [1.807, 2.05) is 0 Å². The van der Waals surface area contributed by atoms with Gasteiger partial charge in [-0.2, -0.15) is 0 Å². The van der Waals surface area contributed by atoms with E-state index in [4.69, 9.17) is 56.8 Å². The molecule has 294 valence electrons. The van der Waals surface area contributed by atoms with Crippen LogP contribution in [0.15, 0.2) is 0 Å². The number of hydrogen-bond acceptors (Lipinski definition) is 21. The first-order valence-electron chi connectivity index (χ1n) is 16.0. The highest BCUT2D eigenvalue weighted by Gasteiger charge is 2.57. The first kappa shape index (κ1) is 42.4. The molecule has 21 nitrogen and oxygen atoms in total. The van der Waals surface area contributed by atoms with Gasteiger partial charge in [-0.15, -0.1) is 0 Å². The third-order valence-electron chi connectivity index (χ3n) is 7.61. The summed E-state index contributed by atoms with van der Waals surface area (Å²) in [4.78, 5) is 84.4. The second kappa shape index (κ2) is 18.7. The van der Waals surface area contributed by atoms with Gasteiger partial charge in [0.1, 0.15) is 31.0 Å². The van der Waals surface area contributed by atoms with Crippen LogP contribution in [0.1, 0.15) is 55.4 Å². The van der Waals surface area contributed by atoms with E-state index in [0.717, 1.165) is 48.5 Å². The van der Waals surface area contributed by atoms with Gasteiger partial charge in [-0.1, -0.05) is 0 Å². The lowest BCUT2D eigenvalue weighted by Gasteiger charge is -2.48. The molecule has 21 heteroatoms. The largest absolute Gasteiger partial charge is 0.463 e. The molecule has 0 spiro atoms. The fourth-order valence-electron chi connectivity index (χ4n) is 5.74. The van der Waals surface area contributed by atoms with E-state index in [0.29, 0.717) is 0 Å². The van der Waals surface area contributed by atoms with Crippen molar-refractivity contribution in [1.82, 2.24) is 0 Å². The molecule has 0 saturated carbocycles. The number of aliphatic hydroxyl groups excluding tert-OH is 2. The maximum Gasteiger partial charge on any atom is 0.303 e. The molecule has 0 aromatic rings. The Bertz CT molecular complexity index is 1320. The second-order valence-corrected chi connectivity index (χ2v) is 12.0. The third kappa shape index (κ3) is 11.5. The lowest BCUT2D eigenvalue weighted by molar-refractivity contribution is -0.381. The van der Waals surface area contributed by atoms with Gasteiger partial charge in [0.05, 0.1) is 12.7 Å². The van der Waals surface area contributed by atoms with Crippen LogP contribution in [-0.2, 0) is 90.4 Å². The van der Waals surface area contributed by atoms with E-state index >= 15 is 0 Å². The van der Waals surface area contributed by atoms with Crippen molar-refractivity contribution in [2.45, 2.75) is 141 Å². The molecule has 3 rings (SSSR count). The number of esters is 7. The van der Waals surface area contributed by atoms with E-state index in [-0.39, 0.29) is 0 Å². The van der Waals surface area contributed by atoms with E-state index in [2.05, 4.69) is 0 Å². The summed E-state index contributed by atoms with van der Waals surface area (Å²) >= 11 is 0. The minimum Gasteiger partial charge on any atom is -0.463 e. The average molecular weight is 753 g/mol. The molecule has 0 bridgehead atoms. The lowest BCUT2D eigenvalue weighted by atomic mass is 9.96. The van der Waals surface area contributed by atoms with Gasteiger partial charge in [-0.3, -0.25) is 33.6 Å². The zero-order valence-electron chi connectivity index (χ0n) is 29.6. The summed E-state index contributed by atoms with van der Waals surface area (Å²) in [5, 5.41) is 22.4. The quantitative estimate of drug-likeness (QED) is 0.163. The molecule has 0 aromatic carbocycles. The number of aliphatic hydroxyl groups is 2. The first-order valence-corrected chi connectivity index (χ1v) is 16.0. The molecule has 3 aliphatic heterocycles. The van der Waals surface area contributed by atoms with Gasteiger partial charge in [-0.05, 0) is 6.92 Å². The molecule has 3 aliphatic rings. The van der Waals surface area contributed by atoms with Crippen molar-refractivity contribution in [3.05, 3.63) is 0 Å². The van der Waals surface area contributed by atoms with Gasteiger partial charge in [0, 0.05) is 48.5 Å². The normalized spacial score (nSPS) is 36.0. The van der Waals surface area contributed by atoms with Crippen LogP contribution in [0.2, 0.25) is 0 Å². The smallest absolute Gasteiger partial charge is 0.303 e. The predicted molar refractivity (Wildman–Crippen MR) is 161 cm³/mol. The van der Waals surface area contributed by atoms with Crippen LogP contribution in [-0.4, -0.2) is 151 Å². The van der Waals surface area contributed by atoms with Crippen LogP contribution >= 0.6 is 0 Å². The van der Waals surface area contributed by atoms with Crippen LogP contribution in [0.4, 0.5) is 0 Å². The lowest BCUT2D eigenvalue weighted by Crippen LogP contribution is -2.67. The second-order valence-electron chi connectivity index (χ2n) is 12.0. The maximum atomic E-state index is 12.3. The fraction of sp³-hybridized carbons (Fsp3) is 0.774. The summed E-state index contributed by atoms with van der Waals surface area (Å²) in [5.74, 6) is -6.03. The molecular weight excluding hydrogens is 708 g/mol. The summed E-state index contributed by atoms with van der Waals surface area (Å²) in [5.41, 5.74) is 0. The Morgan fingerprint density at radius 1 is 0.538 bits per heavy atom. The SMILES string of the molecule is CC(=O)OC[C@H]1O[C@@H](O[C@@H]2[C@@H](O[C@@H]3OC[C@@H](OC(C)=O)[C@H](OC(C)=O)[C@H]3OC(C)=O)[C@@H](O)[C@@H](C)O[C@H]2O)[C@H](OC(C)=O)[C@@H](OC(C)=O)[C@@H]1OC(C)=O. The monoisotopic (exact) mass is 752 g/mol. The molecule has 14 atom stereocenters. The van der Waals surface area contributed by atoms with Crippen LogP contribution in [0.25, 0.3) is 0 Å². The van der Waals surface area contributed by atoms with E-state index in [1.165, 1.54) is 6.92 Å². The van der Waals surface area contributed by atoms with Crippen molar-refractivity contribution in [2.75, 3.05) is 13.2 Å². The highest BCUT2D eigenvalue weighted by molar-refractivity contribution is 5.69. The van der Waals surface area contributed by atoms with Crippen molar-refractivity contribution in [1.29, 1.82) is 0 Å². The Morgan fingerprint density at radius 2 is 1.00 bits per heavy atom. The summed E-state index contributed by atoms with van der Waals surface area (Å²) in [6, 6.07) is 0. The minimum absolute atomic E-state index is 0.456. The average Bonchev–Trinajstić information content (AvgIpc) is 3.00. The van der Waals surface area contributed by atoms with Gasteiger partial charge in [0.25, 0.3) is 0 Å². The molecule has 0 aliphatic carbocycles. The molecular formula is C31H44O21. The van der Waals surface area contributed by atoms with Gasteiger partial charge < -0.3 is 67.1 Å². The number of rotatable bonds is 12. The Labute approximate surface area is 297 Å². The van der Waals surface area contributed by atoms with Crippen molar-refractivity contribution in [2.24, 2.45) is 0 Å². The molecule has 0 radical (unpaired) electrons. The molecule has 2 N–H and O–H groups in total. The predicted octanol–water partition coefficient (Wildman–Crippen LogP) is -1.91. The number of hydrogen-bond donors (Lipinski definition) is 2. The molecule has 3 heterocycles. The fourth-order valence-corrected chi connectivity index (χ4v) is 5.74. The minimum atomic E-state index is -1.94. The topological polar surface area (TPSA) is 271 Å². The number of carbonyl (C=O) groups is 7. The molecule has 3 fully saturated rings. The molecule has 0 amide bonds. The zero-order chi connectivity index (χ0) is 39.0. The van der Waals surface area contributed by atoms with Crippen LogP contribution in [0, 0.1) is 0 Å². The summed E-state index contributed by atoms with van der Waals surface area (Å²) < 4.78 is 66.4. The van der Waals surface area contributed by atoms with Gasteiger partial charge in [0.2, 0.25) is 0 Å². The Hall–Kier alpha value is -3.99. The highest BCUT2D eigenvalue weighted by Crippen LogP contribution is 2.35. The van der Waals surface area contributed by atoms with Crippen molar-refractivity contribution in [3.8, 4) is 0 Å². The van der Waals surface area contributed by atoms with Crippen molar-refractivity contribution >= 4 is 41.8 Å². The summed E-state index contributed by atoms with van der Waals surface area (Å²) in [6.07, 6.45) is -22.5. The Kier molecular flexibility index (Phi) is 15.2. The number of ether oxygens (including phenoxy) is 12. The number of carbonyl (C=O) groups excluding carboxylic acids is 7. The van der Waals surface area contributed by atoms with E-state index < -0.39 is 141 Å². The summed E-state index contributed by atoms with van der Waals surface area (Å²) in [7, 11) is 0. The first-order chi connectivity index (χ1) is 24.3. The Morgan fingerprint density at radius 3 is 1.52 bits per heavy atom. The van der Waals surface area contributed by atoms with Gasteiger partial charge >= 0.3 is 41.8 Å². The van der Waals surface area contributed by atoms with E-state index in [9.17, 15) is 43.8 Å². The Balaban J connectivity index is 2.06. The molecule has 0 aromatic heterocycles. The molecule has 52 heavy (non-hydrogen) atoms. The zero-order valence-corrected chi connectivity index (χ0v) is 29.6. The standard InChI is InChI=1S/C31H44O21/c1-11-21(39)24(51-30-27(48-17(7)37)23(46-15(5)35)19(10-42-30)44-13(3)33)26(29(40)43-11)52-31-28(49-18(8)38)25(47-16(6)36)22(45-14(4)34)20(50-31)9-41-12(2)32/h11,19-31,39-40H,9-10H2,1-8H3/t11-,19-,20-,21+,22-,23+,24+,25+,26-,27-,28-,29-,30+,31+/m1/s1. The van der Waals surface area contributed by atoms with Crippen LogP contribution in [0.5, 0.6) is 0 Å².